The van der Waals surface area contributed by atoms with Gasteiger partial charge >= 0.3 is 0 Å². The number of phenols is 1. The summed E-state index contributed by atoms with van der Waals surface area (Å²) in [6.45, 7) is 0. The van der Waals surface area contributed by atoms with Crippen LogP contribution in [0.25, 0.3) is 10.7 Å². The number of aromatic hydroxyl groups is 1. The van der Waals surface area contributed by atoms with Gasteiger partial charge in [0.15, 0.2) is 0 Å². The van der Waals surface area contributed by atoms with Crippen LogP contribution in [-0.2, 0) is 6.42 Å². The molecule has 0 saturated carbocycles. The van der Waals surface area contributed by atoms with Gasteiger partial charge in [-0.15, -0.1) is 11.3 Å². The van der Waals surface area contributed by atoms with Gasteiger partial charge < -0.3 is 15.4 Å². The van der Waals surface area contributed by atoms with Crippen molar-refractivity contribution in [1.82, 2.24) is 10.1 Å². The molecule has 0 aliphatic heterocycles. The van der Waals surface area contributed by atoms with E-state index in [0.717, 1.165) is 10.4 Å². The standard InChI is InChI=1S/C14H13N3O2S/c15-11(8-9-3-5-10(18)6-4-9)14-16-13(17-19-14)12-2-1-7-20-12/h1-7,11,18H,8,15H2/t11-/m1/s1. The first-order valence-corrected chi connectivity index (χ1v) is 7.01. The SMILES string of the molecule is N[C@H](Cc1ccc(O)cc1)c1nc(-c2cccs2)no1. The third-order valence-electron chi connectivity index (χ3n) is 2.89. The molecule has 0 spiro atoms. The summed E-state index contributed by atoms with van der Waals surface area (Å²) in [7, 11) is 0. The van der Waals surface area contributed by atoms with Gasteiger partial charge in [-0.1, -0.05) is 23.4 Å². The molecule has 102 valence electrons. The second kappa shape index (κ2) is 5.44. The van der Waals surface area contributed by atoms with Crippen molar-refractivity contribution in [2.45, 2.75) is 12.5 Å². The number of benzene rings is 1. The van der Waals surface area contributed by atoms with E-state index in [1.54, 1.807) is 23.5 Å². The fraction of sp³-hybridized carbons (Fsp3) is 0.143. The topological polar surface area (TPSA) is 85.2 Å². The van der Waals surface area contributed by atoms with Crippen LogP contribution in [0.3, 0.4) is 0 Å². The van der Waals surface area contributed by atoms with Gasteiger partial charge in [-0.3, -0.25) is 0 Å². The van der Waals surface area contributed by atoms with E-state index in [4.69, 9.17) is 10.3 Å². The highest BCUT2D eigenvalue weighted by Crippen LogP contribution is 2.23. The summed E-state index contributed by atoms with van der Waals surface area (Å²) < 4.78 is 5.22. The molecule has 3 N–H and O–H groups in total. The smallest absolute Gasteiger partial charge is 0.244 e. The van der Waals surface area contributed by atoms with Gasteiger partial charge in [-0.05, 0) is 35.6 Å². The van der Waals surface area contributed by atoms with Crippen LogP contribution in [0, 0.1) is 0 Å². The third-order valence-corrected chi connectivity index (χ3v) is 3.76. The molecule has 2 aromatic heterocycles. The molecular formula is C14H13N3O2S. The van der Waals surface area contributed by atoms with E-state index in [-0.39, 0.29) is 11.8 Å². The summed E-state index contributed by atoms with van der Waals surface area (Å²) in [5.74, 6) is 1.22. The van der Waals surface area contributed by atoms with Gasteiger partial charge in [-0.25, -0.2) is 0 Å². The van der Waals surface area contributed by atoms with Gasteiger partial charge in [0.05, 0.1) is 10.9 Å². The zero-order chi connectivity index (χ0) is 13.9. The molecule has 6 heteroatoms. The Morgan fingerprint density at radius 3 is 2.75 bits per heavy atom. The minimum Gasteiger partial charge on any atom is -0.508 e. The molecule has 5 nitrogen and oxygen atoms in total. The van der Waals surface area contributed by atoms with Crippen molar-refractivity contribution in [2.24, 2.45) is 5.73 Å². The van der Waals surface area contributed by atoms with E-state index in [1.165, 1.54) is 0 Å². The fourth-order valence-corrected chi connectivity index (χ4v) is 2.51. The van der Waals surface area contributed by atoms with Crippen LogP contribution < -0.4 is 5.73 Å². The largest absolute Gasteiger partial charge is 0.508 e. The number of aromatic nitrogens is 2. The monoisotopic (exact) mass is 287 g/mol. The molecule has 3 aromatic rings. The minimum atomic E-state index is -0.360. The molecule has 0 aliphatic carbocycles. The lowest BCUT2D eigenvalue weighted by atomic mass is 10.1. The highest BCUT2D eigenvalue weighted by atomic mass is 32.1. The molecule has 0 saturated heterocycles. The second-order valence-corrected chi connectivity index (χ2v) is 5.36. The Bertz CT molecular complexity index is 677. The highest BCUT2D eigenvalue weighted by molar-refractivity contribution is 7.13. The maximum Gasteiger partial charge on any atom is 0.244 e. The highest BCUT2D eigenvalue weighted by Gasteiger charge is 2.16. The fourth-order valence-electron chi connectivity index (χ4n) is 1.86. The Hall–Kier alpha value is -2.18. The van der Waals surface area contributed by atoms with Crippen molar-refractivity contribution >= 4 is 11.3 Å². The van der Waals surface area contributed by atoms with Crippen molar-refractivity contribution in [3.63, 3.8) is 0 Å². The molecule has 1 aromatic carbocycles. The van der Waals surface area contributed by atoms with E-state index >= 15 is 0 Å². The number of nitrogens with zero attached hydrogens (tertiary/aromatic N) is 2. The van der Waals surface area contributed by atoms with Crippen LogP contribution in [0.15, 0.2) is 46.3 Å². The summed E-state index contributed by atoms with van der Waals surface area (Å²) in [5.41, 5.74) is 7.08. The van der Waals surface area contributed by atoms with Gasteiger partial charge in [-0.2, -0.15) is 4.98 Å². The Balaban J connectivity index is 1.74. The first-order chi connectivity index (χ1) is 9.72. The summed E-state index contributed by atoms with van der Waals surface area (Å²) in [6.07, 6.45) is 0.576. The Kier molecular flexibility index (Phi) is 3.49. The van der Waals surface area contributed by atoms with Crippen molar-refractivity contribution in [3.05, 3.63) is 53.2 Å². The normalized spacial score (nSPS) is 12.4. The molecular weight excluding hydrogens is 274 g/mol. The summed E-state index contributed by atoms with van der Waals surface area (Å²) in [6, 6.07) is 10.4. The van der Waals surface area contributed by atoms with Gasteiger partial charge in [0.1, 0.15) is 5.75 Å². The molecule has 1 atom stereocenters. The van der Waals surface area contributed by atoms with Crippen molar-refractivity contribution in [2.75, 3.05) is 0 Å². The molecule has 2 heterocycles. The Morgan fingerprint density at radius 2 is 2.05 bits per heavy atom. The van der Waals surface area contributed by atoms with E-state index in [1.807, 2.05) is 29.6 Å². The molecule has 20 heavy (non-hydrogen) atoms. The first-order valence-electron chi connectivity index (χ1n) is 6.13. The predicted molar refractivity (Wildman–Crippen MR) is 76.4 cm³/mol. The van der Waals surface area contributed by atoms with Gasteiger partial charge in [0.25, 0.3) is 0 Å². The van der Waals surface area contributed by atoms with Gasteiger partial charge in [0, 0.05) is 0 Å². The number of thiophene rings is 1. The molecule has 0 aliphatic rings. The number of hydrogen-bond acceptors (Lipinski definition) is 6. The van der Waals surface area contributed by atoms with Crippen molar-refractivity contribution in [1.29, 1.82) is 0 Å². The lowest BCUT2D eigenvalue weighted by molar-refractivity contribution is 0.354. The van der Waals surface area contributed by atoms with Crippen molar-refractivity contribution in [3.8, 4) is 16.5 Å². The van der Waals surface area contributed by atoms with Crippen LogP contribution in [0.5, 0.6) is 5.75 Å². The zero-order valence-electron chi connectivity index (χ0n) is 10.6. The number of phenolic OH excluding ortho intramolecular Hbond substituents is 1. The lowest BCUT2D eigenvalue weighted by Crippen LogP contribution is -2.13. The van der Waals surface area contributed by atoms with Gasteiger partial charge in [0.2, 0.25) is 11.7 Å². The summed E-state index contributed by atoms with van der Waals surface area (Å²) >= 11 is 1.55. The van der Waals surface area contributed by atoms with E-state index in [2.05, 4.69) is 10.1 Å². The van der Waals surface area contributed by atoms with E-state index in [9.17, 15) is 5.11 Å². The van der Waals surface area contributed by atoms with Crippen LogP contribution in [0.4, 0.5) is 0 Å². The van der Waals surface area contributed by atoms with Crippen molar-refractivity contribution < 1.29 is 9.63 Å². The number of rotatable bonds is 4. The van der Waals surface area contributed by atoms with Crippen LogP contribution >= 0.6 is 11.3 Å². The van der Waals surface area contributed by atoms with E-state index < -0.39 is 0 Å². The van der Waals surface area contributed by atoms with Crippen LogP contribution in [0.1, 0.15) is 17.5 Å². The van der Waals surface area contributed by atoms with Crippen LogP contribution in [0.2, 0.25) is 0 Å². The Labute approximate surface area is 119 Å². The maximum atomic E-state index is 9.25. The van der Waals surface area contributed by atoms with Crippen LogP contribution in [-0.4, -0.2) is 15.2 Å². The lowest BCUT2D eigenvalue weighted by Gasteiger charge is -2.06. The second-order valence-electron chi connectivity index (χ2n) is 4.41. The number of nitrogens with two attached hydrogens (primary N) is 1. The molecule has 0 radical (unpaired) electrons. The summed E-state index contributed by atoms with van der Waals surface area (Å²) in [4.78, 5) is 5.28. The average Bonchev–Trinajstić information content (AvgIpc) is 3.11. The molecule has 0 fully saturated rings. The van der Waals surface area contributed by atoms with E-state index in [0.29, 0.717) is 18.1 Å². The quantitative estimate of drug-likeness (QED) is 0.770. The molecule has 0 amide bonds. The zero-order valence-corrected chi connectivity index (χ0v) is 11.4. The number of hydrogen-bond donors (Lipinski definition) is 2. The summed E-state index contributed by atoms with van der Waals surface area (Å²) in [5, 5.41) is 15.1. The predicted octanol–water partition coefficient (Wildman–Crippen LogP) is 2.75. The third kappa shape index (κ3) is 2.71. The molecule has 0 unspecified atom stereocenters. The first kappa shape index (κ1) is 12.8. The minimum absolute atomic E-state index is 0.236. The maximum absolute atomic E-state index is 9.25. The Morgan fingerprint density at radius 1 is 1.25 bits per heavy atom. The average molecular weight is 287 g/mol. The molecule has 0 bridgehead atoms. The molecule has 3 rings (SSSR count).